The number of nitrogens with one attached hydrogen (secondary N) is 1. The van der Waals surface area contributed by atoms with Gasteiger partial charge in [-0.3, -0.25) is 9.59 Å². The molecule has 0 radical (unpaired) electrons. The number of carbonyl (C=O) groups excluding carboxylic acids is 2. The summed E-state index contributed by atoms with van der Waals surface area (Å²) >= 11 is 0. The Morgan fingerprint density at radius 1 is 1.12 bits per heavy atom. The Morgan fingerprint density at radius 2 is 1.85 bits per heavy atom. The number of phenolic OH excluding ortho intramolecular Hbond substituents is 1. The van der Waals surface area contributed by atoms with Gasteiger partial charge in [-0.2, -0.15) is 0 Å². The summed E-state index contributed by atoms with van der Waals surface area (Å²) in [4.78, 5) is 24.6. The number of hydrogen-bond acceptors (Lipinski definition) is 3. The lowest BCUT2D eigenvalue weighted by molar-refractivity contribution is -0.117. The maximum absolute atomic E-state index is 13.0. The molecule has 0 aliphatic heterocycles. The van der Waals surface area contributed by atoms with Gasteiger partial charge in [0.15, 0.2) is 0 Å². The number of amides is 1. The number of aromatic hydroxyl groups is 1. The molecule has 0 saturated heterocycles. The topological polar surface area (TPSA) is 66.4 Å². The lowest BCUT2D eigenvalue weighted by atomic mass is 9.99. The zero-order chi connectivity index (χ0) is 19.3. The third-order valence-electron chi connectivity index (χ3n) is 4.36. The summed E-state index contributed by atoms with van der Waals surface area (Å²) in [5, 5.41) is 12.7. The molecule has 0 bridgehead atoms. The molecule has 0 fully saturated rings. The molecule has 2 N–H and O–H groups in total. The van der Waals surface area contributed by atoms with Gasteiger partial charge in [0.2, 0.25) is 0 Å². The van der Waals surface area contributed by atoms with E-state index in [0.717, 1.165) is 18.1 Å². The normalized spacial score (nSPS) is 11.2. The molecule has 0 spiro atoms. The van der Waals surface area contributed by atoms with Crippen LogP contribution in [0.2, 0.25) is 0 Å². The smallest absolute Gasteiger partial charge is 0.251 e. The van der Waals surface area contributed by atoms with E-state index in [4.69, 9.17) is 0 Å². The highest BCUT2D eigenvalue weighted by molar-refractivity contribution is 5.95. The van der Waals surface area contributed by atoms with Crippen molar-refractivity contribution in [2.45, 2.75) is 45.6 Å². The average Bonchev–Trinajstić information content (AvgIpc) is 2.57. The summed E-state index contributed by atoms with van der Waals surface area (Å²) in [5.74, 6) is -1.08. The third kappa shape index (κ3) is 5.41. The molecule has 138 valence electrons. The second-order valence-corrected chi connectivity index (χ2v) is 7.06. The van der Waals surface area contributed by atoms with Crippen LogP contribution in [0.4, 0.5) is 4.39 Å². The first-order valence-corrected chi connectivity index (χ1v) is 8.61. The maximum atomic E-state index is 13.0. The summed E-state index contributed by atoms with van der Waals surface area (Å²) in [6.45, 7) is 5.90. The van der Waals surface area contributed by atoms with Crippen LogP contribution in [0.15, 0.2) is 42.5 Å². The number of halogens is 1. The van der Waals surface area contributed by atoms with Crippen LogP contribution in [0.5, 0.6) is 5.75 Å². The first kappa shape index (κ1) is 19.6. The number of phenols is 1. The van der Waals surface area contributed by atoms with Gasteiger partial charge in [-0.25, -0.2) is 4.39 Å². The van der Waals surface area contributed by atoms with Crippen molar-refractivity contribution in [3.05, 3.63) is 65.0 Å². The summed E-state index contributed by atoms with van der Waals surface area (Å²) in [6, 6.07) is 10.5. The lowest BCUT2D eigenvalue weighted by Gasteiger charge is -2.24. The number of rotatable bonds is 7. The minimum absolute atomic E-state index is 0.00536. The van der Waals surface area contributed by atoms with Crippen molar-refractivity contribution in [3.8, 4) is 5.75 Å². The summed E-state index contributed by atoms with van der Waals surface area (Å²) < 4.78 is 13.0. The zero-order valence-corrected chi connectivity index (χ0v) is 15.3. The van der Waals surface area contributed by atoms with E-state index in [1.54, 1.807) is 24.3 Å². The molecule has 0 aromatic heterocycles. The molecular formula is C21H24FNO3. The summed E-state index contributed by atoms with van der Waals surface area (Å²) in [5.41, 5.74) is 1.30. The van der Waals surface area contributed by atoms with Crippen LogP contribution in [0.3, 0.4) is 0 Å². The van der Waals surface area contributed by atoms with Crippen molar-refractivity contribution in [2.24, 2.45) is 0 Å². The molecule has 2 rings (SSSR count). The van der Waals surface area contributed by atoms with E-state index < -0.39 is 5.82 Å². The maximum Gasteiger partial charge on any atom is 0.251 e. The van der Waals surface area contributed by atoms with Crippen LogP contribution >= 0.6 is 0 Å². The van der Waals surface area contributed by atoms with Crippen LogP contribution in [-0.2, 0) is 17.6 Å². The van der Waals surface area contributed by atoms with E-state index in [0.29, 0.717) is 11.1 Å². The Balaban J connectivity index is 2.05. The molecule has 0 aliphatic rings. The van der Waals surface area contributed by atoms with Gasteiger partial charge in [0.1, 0.15) is 17.3 Å². The van der Waals surface area contributed by atoms with E-state index in [1.807, 2.05) is 20.8 Å². The van der Waals surface area contributed by atoms with Crippen molar-refractivity contribution in [1.29, 1.82) is 0 Å². The Morgan fingerprint density at radius 3 is 2.50 bits per heavy atom. The van der Waals surface area contributed by atoms with Gasteiger partial charge in [0, 0.05) is 35.6 Å². The SMILES string of the molecule is CCC(C)(C)NC(=O)c1cccc(CC(=O)Cc2ccc(F)cc2O)c1. The van der Waals surface area contributed by atoms with Crippen LogP contribution in [-0.4, -0.2) is 22.3 Å². The van der Waals surface area contributed by atoms with Crippen LogP contribution in [0.1, 0.15) is 48.7 Å². The van der Waals surface area contributed by atoms with E-state index in [9.17, 15) is 19.1 Å². The third-order valence-corrected chi connectivity index (χ3v) is 4.36. The van der Waals surface area contributed by atoms with Crippen LogP contribution in [0, 0.1) is 5.82 Å². The van der Waals surface area contributed by atoms with E-state index in [2.05, 4.69) is 5.32 Å². The minimum Gasteiger partial charge on any atom is -0.508 e. The number of Topliss-reactive ketones (excluding diaryl/α,β-unsaturated/α-hetero) is 1. The average molecular weight is 357 g/mol. The Bertz CT molecular complexity index is 815. The van der Waals surface area contributed by atoms with Gasteiger partial charge in [-0.1, -0.05) is 25.1 Å². The Kier molecular flexibility index (Phi) is 6.14. The first-order valence-electron chi connectivity index (χ1n) is 8.61. The van der Waals surface area contributed by atoms with Crippen molar-refractivity contribution in [1.82, 2.24) is 5.32 Å². The highest BCUT2D eigenvalue weighted by Crippen LogP contribution is 2.19. The Hall–Kier alpha value is -2.69. The lowest BCUT2D eigenvalue weighted by Crippen LogP contribution is -2.42. The Labute approximate surface area is 153 Å². The predicted molar refractivity (Wildman–Crippen MR) is 98.8 cm³/mol. The second kappa shape index (κ2) is 8.13. The van der Waals surface area contributed by atoms with Crippen molar-refractivity contribution < 1.29 is 19.1 Å². The first-order chi connectivity index (χ1) is 12.2. The highest BCUT2D eigenvalue weighted by atomic mass is 19.1. The van der Waals surface area contributed by atoms with Crippen molar-refractivity contribution in [3.63, 3.8) is 0 Å². The van der Waals surface area contributed by atoms with Gasteiger partial charge >= 0.3 is 0 Å². The molecule has 1 amide bonds. The monoisotopic (exact) mass is 357 g/mol. The molecule has 0 unspecified atom stereocenters. The zero-order valence-electron chi connectivity index (χ0n) is 15.3. The number of carbonyl (C=O) groups is 2. The van der Waals surface area contributed by atoms with E-state index >= 15 is 0 Å². The summed E-state index contributed by atoms with van der Waals surface area (Å²) in [6.07, 6.45) is 0.943. The molecule has 0 saturated carbocycles. The van der Waals surface area contributed by atoms with Gasteiger partial charge in [-0.05, 0) is 44.0 Å². The van der Waals surface area contributed by atoms with Crippen molar-refractivity contribution in [2.75, 3.05) is 0 Å². The molecule has 26 heavy (non-hydrogen) atoms. The quantitative estimate of drug-likeness (QED) is 0.792. The molecule has 0 heterocycles. The fourth-order valence-corrected chi connectivity index (χ4v) is 2.48. The standard InChI is InChI=1S/C21H24FNO3/c1-4-21(2,3)23-20(26)16-7-5-6-14(10-16)11-18(24)12-15-8-9-17(22)13-19(15)25/h5-10,13,25H,4,11-12H2,1-3H3,(H,23,26). The number of benzene rings is 2. The fourth-order valence-electron chi connectivity index (χ4n) is 2.48. The second-order valence-electron chi connectivity index (χ2n) is 7.06. The molecule has 4 nitrogen and oxygen atoms in total. The van der Waals surface area contributed by atoms with Gasteiger partial charge in [-0.15, -0.1) is 0 Å². The minimum atomic E-state index is -0.549. The molecule has 0 atom stereocenters. The van der Waals surface area contributed by atoms with Gasteiger partial charge in [0.05, 0.1) is 0 Å². The fraction of sp³-hybridized carbons (Fsp3) is 0.333. The number of hydrogen-bond donors (Lipinski definition) is 2. The largest absolute Gasteiger partial charge is 0.508 e. The predicted octanol–water partition coefficient (Wildman–Crippen LogP) is 3.80. The summed E-state index contributed by atoms with van der Waals surface area (Å²) in [7, 11) is 0. The number of ketones is 1. The molecule has 2 aromatic carbocycles. The van der Waals surface area contributed by atoms with Crippen molar-refractivity contribution >= 4 is 11.7 Å². The van der Waals surface area contributed by atoms with E-state index in [1.165, 1.54) is 12.1 Å². The van der Waals surface area contributed by atoms with E-state index in [-0.39, 0.29) is 35.8 Å². The molecule has 2 aromatic rings. The van der Waals surface area contributed by atoms with Gasteiger partial charge in [0.25, 0.3) is 5.91 Å². The molecule has 0 aliphatic carbocycles. The highest BCUT2D eigenvalue weighted by Gasteiger charge is 2.19. The molecule has 5 heteroatoms. The van der Waals surface area contributed by atoms with Crippen LogP contribution < -0.4 is 5.32 Å². The molecular weight excluding hydrogens is 333 g/mol. The van der Waals surface area contributed by atoms with Crippen LogP contribution in [0.25, 0.3) is 0 Å². The van der Waals surface area contributed by atoms with Gasteiger partial charge < -0.3 is 10.4 Å².